The van der Waals surface area contributed by atoms with Gasteiger partial charge in [-0.15, -0.1) is 0 Å². The highest BCUT2D eigenvalue weighted by Gasteiger charge is 2.27. The molecule has 2 aliphatic rings. The predicted octanol–water partition coefficient (Wildman–Crippen LogP) is 2.01. The highest BCUT2D eigenvalue weighted by molar-refractivity contribution is 5.61. The van der Waals surface area contributed by atoms with Crippen LogP contribution in [-0.2, 0) is 4.74 Å². The molecule has 3 heterocycles. The minimum absolute atomic E-state index is 0.0936. The molecule has 0 amide bonds. The topological polar surface area (TPSA) is 77.3 Å². The van der Waals surface area contributed by atoms with Crippen LogP contribution in [0.25, 0.3) is 0 Å². The van der Waals surface area contributed by atoms with Crippen LogP contribution in [0.1, 0.15) is 12.0 Å². The van der Waals surface area contributed by atoms with Gasteiger partial charge >= 0.3 is 0 Å². The van der Waals surface area contributed by atoms with Gasteiger partial charge in [-0.05, 0) is 24.6 Å². The van der Waals surface area contributed by atoms with E-state index in [4.69, 9.17) is 4.74 Å². The number of nitrogens with zero attached hydrogens (tertiary/aromatic N) is 5. The average molecular weight is 368 g/mol. The smallest absolute Gasteiger partial charge is 0.224 e. The SMILES string of the molecule is N#Cc1cccc(F)c1N1CCC(Nc2nccc(N3CCOCC3)n2)C1. The summed E-state index contributed by atoms with van der Waals surface area (Å²) in [5.41, 5.74) is 0.744. The van der Waals surface area contributed by atoms with Gasteiger partial charge in [0, 0.05) is 38.4 Å². The number of aromatic nitrogens is 2. The first kappa shape index (κ1) is 17.5. The number of morpholine rings is 1. The van der Waals surface area contributed by atoms with Crippen LogP contribution in [0.5, 0.6) is 0 Å². The zero-order chi connectivity index (χ0) is 18.6. The van der Waals surface area contributed by atoms with Gasteiger partial charge in [-0.25, -0.2) is 9.37 Å². The van der Waals surface area contributed by atoms with E-state index in [2.05, 4.69) is 26.3 Å². The Morgan fingerprint density at radius 1 is 1.19 bits per heavy atom. The molecule has 1 N–H and O–H groups in total. The molecular formula is C19H21FN6O. The van der Waals surface area contributed by atoms with E-state index in [1.165, 1.54) is 6.07 Å². The van der Waals surface area contributed by atoms with Crippen LogP contribution in [0.4, 0.5) is 21.8 Å². The molecule has 0 bridgehead atoms. The van der Waals surface area contributed by atoms with E-state index in [1.54, 1.807) is 18.3 Å². The first-order valence-electron chi connectivity index (χ1n) is 9.10. The maximum Gasteiger partial charge on any atom is 0.224 e. The molecule has 2 saturated heterocycles. The fraction of sp³-hybridized carbons (Fsp3) is 0.421. The van der Waals surface area contributed by atoms with E-state index < -0.39 is 0 Å². The van der Waals surface area contributed by atoms with Gasteiger partial charge < -0.3 is 19.9 Å². The van der Waals surface area contributed by atoms with Crippen molar-refractivity contribution in [3.8, 4) is 6.07 Å². The molecule has 1 atom stereocenters. The molecule has 2 aliphatic heterocycles. The predicted molar refractivity (Wildman–Crippen MR) is 100 cm³/mol. The molecule has 27 heavy (non-hydrogen) atoms. The van der Waals surface area contributed by atoms with Crippen LogP contribution in [0.2, 0.25) is 0 Å². The summed E-state index contributed by atoms with van der Waals surface area (Å²) < 4.78 is 19.6. The summed E-state index contributed by atoms with van der Waals surface area (Å²) in [5.74, 6) is 1.09. The summed E-state index contributed by atoms with van der Waals surface area (Å²) in [6.07, 6.45) is 2.57. The van der Waals surface area contributed by atoms with Gasteiger partial charge in [0.25, 0.3) is 0 Å². The Bertz CT molecular complexity index is 848. The van der Waals surface area contributed by atoms with E-state index in [9.17, 15) is 9.65 Å². The minimum Gasteiger partial charge on any atom is -0.378 e. The van der Waals surface area contributed by atoms with Gasteiger partial charge in [-0.1, -0.05) is 6.07 Å². The fourth-order valence-electron chi connectivity index (χ4n) is 3.58. The molecule has 1 unspecified atom stereocenters. The molecule has 2 aromatic rings. The van der Waals surface area contributed by atoms with Gasteiger partial charge in [0.1, 0.15) is 17.7 Å². The molecule has 4 rings (SSSR count). The second kappa shape index (κ2) is 7.76. The molecule has 7 nitrogen and oxygen atoms in total. The largest absolute Gasteiger partial charge is 0.378 e. The molecule has 0 aliphatic carbocycles. The van der Waals surface area contributed by atoms with Crippen molar-refractivity contribution >= 4 is 17.5 Å². The summed E-state index contributed by atoms with van der Waals surface area (Å²) in [4.78, 5) is 13.0. The van der Waals surface area contributed by atoms with Gasteiger partial charge in [-0.3, -0.25) is 0 Å². The van der Waals surface area contributed by atoms with E-state index in [0.29, 0.717) is 43.5 Å². The lowest BCUT2D eigenvalue weighted by Crippen LogP contribution is -2.37. The van der Waals surface area contributed by atoms with E-state index in [1.807, 2.05) is 11.0 Å². The standard InChI is InChI=1S/C19H21FN6O/c20-16-3-1-2-14(12-21)18(16)26-7-5-15(13-26)23-19-22-6-4-17(24-19)25-8-10-27-11-9-25/h1-4,6,15H,5,7-11,13H2,(H,22,23,24). The number of para-hydroxylation sites is 1. The maximum atomic E-state index is 14.2. The lowest BCUT2D eigenvalue weighted by molar-refractivity contribution is 0.122. The number of rotatable bonds is 4. The number of hydrogen-bond donors (Lipinski definition) is 1. The molecule has 0 spiro atoms. The summed E-state index contributed by atoms with van der Waals surface area (Å²) in [6.45, 7) is 4.31. The monoisotopic (exact) mass is 368 g/mol. The Morgan fingerprint density at radius 2 is 2.04 bits per heavy atom. The second-order valence-corrected chi connectivity index (χ2v) is 6.66. The van der Waals surface area contributed by atoms with Crippen molar-refractivity contribution in [2.75, 3.05) is 54.5 Å². The third-order valence-electron chi connectivity index (χ3n) is 4.92. The molecule has 1 aromatic heterocycles. The Balaban J connectivity index is 1.44. The molecule has 0 radical (unpaired) electrons. The first-order chi connectivity index (χ1) is 13.2. The lowest BCUT2D eigenvalue weighted by atomic mass is 10.1. The van der Waals surface area contributed by atoms with Crippen molar-refractivity contribution in [2.24, 2.45) is 0 Å². The molecule has 8 heteroatoms. The Labute approximate surface area is 157 Å². The summed E-state index contributed by atoms with van der Waals surface area (Å²) in [7, 11) is 0. The van der Waals surface area contributed by atoms with E-state index in [-0.39, 0.29) is 11.9 Å². The Kier molecular flexibility index (Phi) is 5.03. The van der Waals surface area contributed by atoms with Crippen LogP contribution < -0.4 is 15.1 Å². The van der Waals surface area contributed by atoms with E-state index in [0.717, 1.165) is 25.3 Å². The van der Waals surface area contributed by atoms with Crippen LogP contribution >= 0.6 is 0 Å². The van der Waals surface area contributed by atoms with Crippen molar-refractivity contribution in [1.29, 1.82) is 5.26 Å². The molecule has 2 fully saturated rings. The Morgan fingerprint density at radius 3 is 2.85 bits per heavy atom. The van der Waals surface area contributed by atoms with Gasteiger partial charge in [0.05, 0.1) is 24.5 Å². The van der Waals surface area contributed by atoms with Crippen LogP contribution in [0.15, 0.2) is 30.5 Å². The number of hydrogen-bond acceptors (Lipinski definition) is 7. The highest BCUT2D eigenvalue weighted by atomic mass is 19.1. The zero-order valence-corrected chi connectivity index (χ0v) is 14.9. The number of ether oxygens (including phenoxy) is 1. The molecule has 140 valence electrons. The van der Waals surface area contributed by atoms with Crippen LogP contribution in [0.3, 0.4) is 0 Å². The van der Waals surface area contributed by atoms with Gasteiger partial charge in [0.2, 0.25) is 5.95 Å². The number of halogens is 1. The number of anilines is 3. The maximum absolute atomic E-state index is 14.2. The molecule has 1 aromatic carbocycles. The van der Waals surface area contributed by atoms with Crippen LogP contribution in [0, 0.1) is 17.1 Å². The number of nitriles is 1. The average Bonchev–Trinajstić information content (AvgIpc) is 3.16. The zero-order valence-electron chi connectivity index (χ0n) is 14.9. The second-order valence-electron chi connectivity index (χ2n) is 6.66. The van der Waals surface area contributed by atoms with E-state index >= 15 is 0 Å². The van der Waals surface area contributed by atoms with Crippen LogP contribution in [-0.4, -0.2) is 55.4 Å². The van der Waals surface area contributed by atoms with Crippen molar-refractivity contribution in [3.63, 3.8) is 0 Å². The third kappa shape index (κ3) is 3.78. The Hall–Kier alpha value is -2.92. The van der Waals surface area contributed by atoms with Crippen molar-refractivity contribution in [1.82, 2.24) is 9.97 Å². The highest BCUT2D eigenvalue weighted by Crippen LogP contribution is 2.28. The minimum atomic E-state index is -0.361. The summed E-state index contributed by atoms with van der Waals surface area (Å²) in [6, 6.07) is 8.68. The third-order valence-corrected chi connectivity index (χ3v) is 4.92. The molecular weight excluding hydrogens is 347 g/mol. The normalized spacial score (nSPS) is 19.8. The van der Waals surface area contributed by atoms with Crippen molar-refractivity contribution < 1.29 is 9.13 Å². The summed E-state index contributed by atoms with van der Waals surface area (Å²) >= 11 is 0. The first-order valence-corrected chi connectivity index (χ1v) is 9.10. The molecule has 0 saturated carbocycles. The quantitative estimate of drug-likeness (QED) is 0.885. The van der Waals surface area contributed by atoms with Gasteiger partial charge in [0.15, 0.2) is 0 Å². The van der Waals surface area contributed by atoms with Gasteiger partial charge in [-0.2, -0.15) is 10.2 Å². The summed E-state index contributed by atoms with van der Waals surface area (Å²) in [5, 5.41) is 12.6. The number of nitrogens with one attached hydrogen (secondary N) is 1. The lowest BCUT2D eigenvalue weighted by Gasteiger charge is -2.28. The van der Waals surface area contributed by atoms with Crippen molar-refractivity contribution in [3.05, 3.63) is 41.8 Å². The number of benzene rings is 1. The van der Waals surface area contributed by atoms with Crippen molar-refractivity contribution in [2.45, 2.75) is 12.5 Å². The fourth-order valence-corrected chi connectivity index (χ4v) is 3.58.